The van der Waals surface area contributed by atoms with Crippen LogP contribution in [0, 0.1) is 36.5 Å². The summed E-state index contributed by atoms with van der Waals surface area (Å²) in [6, 6.07) is 7.02. The van der Waals surface area contributed by atoms with E-state index in [0.29, 0.717) is 0 Å². The number of rotatable bonds is 3. The molecule has 32 heavy (non-hydrogen) atoms. The second kappa shape index (κ2) is 6.81. The molecule has 6 rings (SSSR count). The molecule has 2 N–H and O–H groups in total. The molecular weight excluding hydrogens is 448 g/mol. The van der Waals surface area contributed by atoms with Gasteiger partial charge in [0.15, 0.2) is 0 Å². The van der Waals surface area contributed by atoms with Gasteiger partial charge in [-0.25, -0.2) is 4.79 Å². The van der Waals surface area contributed by atoms with E-state index in [0.717, 1.165) is 32.4 Å². The molecular formula is C23H22N2O5S2. The SMILES string of the molecule is Cc1ccccc1[C@H]1c2sc(=O)[nH]c2SC2C3CC(C4C(=O)N(C(C)C(=O)O)C(=O)C34)C21. The van der Waals surface area contributed by atoms with Crippen LogP contribution in [0.5, 0.6) is 0 Å². The number of carboxylic acid groups (broad SMARTS) is 1. The standard InChI is InChI=1S/C23H22N2O5S2/c1-8-5-3-4-6-10(8)13-14-11-7-12(17(14)31-19-18(13)32-23(30)24-19)16-15(11)20(26)25(21(16)27)9(2)22(28)29/h3-6,9,11-17H,7H2,1-2H3,(H,24,30)(H,28,29)/t9?,11?,12?,13-,14?,15?,16?,17?/m1/s1. The van der Waals surface area contributed by atoms with Crippen molar-refractivity contribution in [1.82, 2.24) is 9.88 Å². The lowest BCUT2D eigenvalue weighted by atomic mass is 9.67. The number of carbonyl (C=O) groups excluding carboxylic acids is 2. The average molecular weight is 471 g/mol. The van der Waals surface area contributed by atoms with Gasteiger partial charge in [-0.15, -0.1) is 11.8 Å². The Morgan fingerprint density at radius 1 is 1.16 bits per heavy atom. The Hall–Kier alpha value is -2.39. The van der Waals surface area contributed by atoms with Crippen LogP contribution in [0.25, 0.3) is 0 Å². The maximum Gasteiger partial charge on any atom is 0.326 e. The number of thiazole rings is 1. The van der Waals surface area contributed by atoms with Gasteiger partial charge in [0, 0.05) is 16.0 Å². The summed E-state index contributed by atoms with van der Waals surface area (Å²) in [6.45, 7) is 3.47. The predicted molar refractivity (Wildman–Crippen MR) is 119 cm³/mol. The number of likely N-dealkylation sites (tertiary alicyclic amines) is 1. The number of carbonyl (C=O) groups is 3. The van der Waals surface area contributed by atoms with E-state index in [1.165, 1.54) is 18.3 Å². The van der Waals surface area contributed by atoms with Crippen molar-refractivity contribution in [3.05, 3.63) is 49.9 Å². The molecule has 7 unspecified atom stereocenters. The van der Waals surface area contributed by atoms with Gasteiger partial charge < -0.3 is 10.1 Å². The fourth-order valence-corrected chi connectivity index (χ4v) is 9.70. The van der Waals surface area contributed by atoms with E-state index in [-0.39, 0.29) is 45.6 Å². The highest BCUT2D eigenvalue weighted by molar-refractivity contribution is 8.00. The molecule has 1 aromatic heterocycles. The topological polar surface area (TPSA) is 108 Å². The molecule has 8 atom stereocenters. The van der Waals surface area contributed by atoms with Crippen LogP contribution in [0.2, 0.25) is 0 Å². The number of hydrogen-bond acceptors (Lipinski definition) is 6. The van der Waals surface area contributed by atoms with Gasteiger partial charge in [-0.3, -0.25) is 19.3 Å². The summed E-state index contributed by atoms with van der Waals surface area (Å²) >= 11 is 2.88. The van der Waals surface area contributed by atoms with Crippen molar-refractivity contribution in [1.29, 1.82) is 0 Å². The number of imide groups is 1. The van der Waals surface area contributed by atoms with E-state index >= 15 is 0 Å². The van der Waals surface area contributed by atoms with Crippen molar-refractivity contribution in [2.45, 2.75) is 42.5 Å². The molecule has 0 radical (unpaired) electrons. The van der Waals surface area contributed by atoms with Crippen LogP contribution in [0.1, 0.15) is 35.3 Å². The van der Waals surface area contributed by atoms with Crippen molar-refractivity contribution < 1.29 is 19.5 Å². The number of aromatic nitrogens is 1. The number of thioether (sulfide) groups is 1. The highest BCUT2D eigenvalue weighted by Gasteiger charge is 2.70. The highest BCUT2D eigenvalue weighted by atomic mass is 32.2. The van der Waals surface area contributed by atoms with Crippen LogP contribution < -0.4 is 4.87 Å². The second-order valence-corrected chi connectivity index (χ2v) is 11.6. The third-order valence-corrected chi connectivity index (χ3v) is 10.6. The van der Waals surface area contributed by atoms with Crippen LogP contribution in [-0.2, 0) is 14.4 Å². The number of amides is 2. The largest absolute Gasteiger partial charge is 0.480 e. The maximum absolute atomic E-state index is 13.3. The molecule has 1 aromatic carbocycles. The average Bonchev–Trinajstić information content (AvgIpc) is 3.47. The van der Waals surface area contributed by atoms with E-state index in [1.807, 2.05) is 12.1 Å². The van der Waals surface area contributed by atoms with Crippen molar-refractivity contribution >= 4 is 40.9 Å². The molecule has 1 saturated heterocycles. The molecule has 2 amide bonds. The van der Waals surface area contributed by atoms with Crippen molar-refractivity contribution in [3.63, 3.8) is 0 Å². The van der Waals surface area contributed by atoms with Gasteiger partial charge in [0.1, 0.15) is 6.04 Å². The Kier molecular flexibility index (Phi) is 4.30. The van der Waals surface area contributed by atoms with Gasteiger partial charge in [-0.05, 0) is 49.1 Å². The molecule has 166 valence electrons. The Morgan fingerprint density at radius 3 is 2.53 bits per heavy atom. The van der Waals surface area contributed by atoms with Gasteiger partial charge in [0.25, 0.3) is 0 Å². The number of aliphatic carboxylic acids is 1. The summed E-state index contributed by atoms with van der Waals surface area (Å²) in [5.74, 6) is -2.61. The van der Waals surface area contributed by atoms with Gasteiger partial charge in [0.05, 0.1) is 16.9 Å². The fraction of sp³-hybridized carbons (Fsp3) is 0.478. The summed E-state index contributed by atoms with van der Waals surface area (Å²) in [4.78, 5) is 55.4. The van der Waals surface area contributed by atoms with Crippen molar-refractivity contribution in [3.8, 4) is 0 Å². The van der Waals surface area contributed by atoms with Gasteiger partial charge in [0.2, 0.25) is 11.8 Å². The number of fused-ring (bicyclic) bond motifs is 9. The number of benzene rings is 1. The third kappa shape index (κ3) is 2.49. The minimum absolute atomic E-state index is 0.0000898. The summed E-state index contributed by atoms with van der Waals surface area (Å²) in [7, 11) is 0. The molecule has 4 aliphatic rings. The molecule has 2 saturated carbocycles. The van der Waals surface area contributed by atoms with E-state index in [4.69, 9.17) is 0 Å². The number of nitrogens with zero attached hydrogens (tertiary/aromatic N) is 1. The second-order valence-electron chi connectivity index (χ2n) is 9.38. The monoisotopic (exact) mass is 470 g/mol. The molecule has 2 bridgehead atoms. The first-order valence-corrected chi connectivity index (χ1v) is 12.5. The van der Waals surface area contributed by atoms with E-state index in [9.17, 15) is 24.3 Å². The first-order chi connectivity index (χ1) is 15.3. The van der Waals surface area contributed by atoms with E-state index in [2.05, 4.69) is 24.0 Å². The molecule has 0 spiro atoms. The summed E-state index contributed by atoms with van der Waals surface area (Å²) in [6.07, 6.45) is 0.798. The summed E-state index contributed by atoms with van der Waals surface area (Å²) in [5, 5.41) is 10.4. The van der Waals surface area contributed by atoms with Gasteiger partial charge >= 0.3 is 10.8 Å². The normalized spacial score (nSPS) is 35.6. The Bertz CT molecular complexity index is 1230. The Labute approximate surface area is 192 Å². The van der Waals surface area contributed by atoms with E-state index in [1.54, 1.807) is 11.8 Å². The van der Waals surface area contributed by atoms with Gasteiger partial charge in [-0.2, -0.15) is 0 Å². The molecule has 3 heterocycles. The van der Waals surface area contributed by atoms with Crippen LogP contribution in [-0.4, -0.2) is 44.1 Å². The van der Waals surface area contributed by atoms with E-state index < -0.39 is 23.8 Å². The predicted octanol–water partition coefficient (Wildman–Crippen LogP) is 2.69. The minimum atomic E-state index is -1.16. The number of nitrogens with one attached hydrogen (secondary N) is 1. The summed E-state index contributed by atoms with van der Waals surface area (Å²) in [5.41, 5.74) is 2.31. The zero-order valence-corrected chi connectivity index (χ0v) is 19.1. The molecule has 2 aliphatic heterocycles. The molecule has 9 heteroatoms. The number of aryl methyl sites for hydroxylation is 1. The van der Waals surface area contributed by atoms with Crippen molar-refractivity contribution in [2.75, 3.05) is 0 Å². The quantitative estimate of drug-likeness (QED) is 0.668. The first kappa shape index (κ1) is 20.2. The third-order valence-electron chi connectivity index (χ3n) is 8.03. The molecule has 2 aliphatic carbocycles. The number of hydrogen-bond donors (Lipinski definition) is 2. The highest BCUT2D eigenvalue weighted by Crippen LogP contribution is 2.68. The lowest BCUT2D eigenvalue weighted by Gasteiger charge is -2.43. The first-order valence-electron chi connectivity index (χ1n) is 10.8. The smallest absolute Gasteiger partial charge is 0.326 e. The Morgan fingerprint density at radius 2 is 1.84 bits per heavy atom. The summed E-state index contributed by atoms with van der Waals surface area (Å²) < 4.78 is 0. The Balaban J connectivity index is 1.47. The van der Waals surface area contributed by atoms with Crippen LogP contribution in [0.15, 0.2) is 34.1 Å². The molecule has 3 fully saturated rings. The number of carboxylic acids is 1. The minimum Gasteiger partial charge on any atom is -0.480 e. The number of aromatic amines is 1. The number of H-pyrrole nitrogens is 1. The van der Waals surface area contributed by atoms with Crippen LogP contribution in [0.3, 0.4) is 0 Å². The van der Waals surface area contributed by atoms with Crippen LogP contribution in [0.4, 0.5) is 0 Å². The van der Waals surface area contributed by atoms with Crippen LogP contribution >= 0.6 is 23.1 Å². The maximum atomic E-state index is 13.3. The van der Waals surface area contributed by atoms with Gasteiger partial charge in [-0.1, -0.05) is 35.6 Å². The lowest BCUT2D eigenvalue weighted by Crippen LogP contribution is -2.44. The zero-order valence-electron chi connectivity index (χ0n) is 17.5. The molecule has 2 aromatic rings. The zero-order chi connectivity index (χ0) is 22.5. The molecule has 7 nitrogen and oxygen atoms in total. The van der Waals surface area contributed by atoms with Crippen molar-refractivity contribution in [2.24, 2.45) is 29.6 Å². The fourth-order valence-electron chi connectivity index (χ4n) is 6.82. The lowest BCUT2D eigenvalue weighted by molar-refractivity contribution is -0.154.